The van der Waals surface area contributed by atoms with Crippen molar-refractivity contribution >= 4 is 15.7 Å². The molecule has 6 heteroatoms. The van der Waals surface area contributed by atoms with Gasteiger partial charge in [0.2, 0.25) is 0 Å². The second kappa shape index (κ2) is 4.21. The maximum atomic E-state index is 11.9. The molecule has 0 atom stereocenters. The number of hydrogen-bond donors (Lipinski definition) is 2. The molecule has 17 heavy (non-hydrogen) atoms. The lowest BCUT2D eigenvalue weighted by molar-refractivity contribution is 0.598. The summed E-state index contributed by atoms with van der Waals surface area (Å²) >= 11 is 0. The number of aromatic nitrogens is 2. The zero-order valence-electron chi connectivity index (χ0n) is 9.56. The Balaban J connectivity index is 2.30. The molecule has 0 unspecified atom stereocenters. The highest BCUT2D eigenvalue weighted by Crippen LogP contribution is 2.17. The zero-order valence-corrected chi connectivity index (χ0v) is 10.4. The Hall–Kier alpha value is -1.82. The second-order valence-electron chi connectivity index (χ2n) is 3.82. The molecule has 0 aliphatic rings. The van der Waals surface area contributed by atoms with Crippen molar-refractivity contribution in [2.24, 2.45) is 0 Å². The SMILES string of the molecule is Cc1ccc(NS(=O)(=O)c2cnc[nH]2)cc1C. The van der Waals surface area contributed by atoms with Crippen LogP contribution in [0.4, 0.5) is 5.69 Å². The lowest BCUT2D eigenvalue weighted by atomic mass is 10.1. The van der Waals surface area contributed by atoms with Crippen LogP contribution < -0.4 is 4.72 Å². The summed E-state index contributed by atoms with van der Waals surface area (Å²) in [5.41, 5.74) is 2.70. The number of sulfonamides is 1. The van der Waals surface area contributed by atoms with Crippen LogP contribution in [0.3, 0.4) is 0 Å². The normalized spacial score (nSPS) is 11.4. The molecule has 1 heterocycles. The number of H-pyrrole nitrogens is 1. The van der Waals surface area contributed by atoms with Crippen LogP contribution in [-0.2, 0) is 10.0 Å². The molecule has 0 radical (unpaired) electrons. The quantitative estimate of drug-likeness (QED) is 0.873. The number of nitrogens with one attached hydrogen (secondary N) is 2. The third-order valence-electron chi connectivity index (χ3n) is 2.52. The molecule has 0 aliphatic heterocycles. The van der Waals surface area contributed by atoms with Gasteiger partial charge in [-0.3, -0.25) is 4.72 Å². The number of imidazole rings is 1. The Kier molecular flexibility index (Phi) is 2.89. The van der Waals surface area contributed by atoms with Gasteiger partial charge in [0.15, 0.2) is 5.03 Å². The average molecular weight is 251 g/mol. The number of nitrogens with zero attached hydrogens (tertiary/aromatic N) is 1. The van der Waals surface area contributed by atoms with Crippen LogP contribution in [-0.4, -0.2) is 18.4 Å². The van der Waals surface area contributed by atoms with Gasteiger partial charge in [-0.25, -0.2) is 4.98 Å². The Morgan fingerprint density at radius 1 is 1.24 bits per heavy atom. The highest BCUT2D eigenvalue weighted by Gasteiger charge is 2.15. The molecule has 2 rings (SSSR count). The molecule has 0 spiro atoms. The van der Waals surface area contributed by atoms with Crippen LogP contribution in [0.5, 0.6) is 0 Å². The monoisotopic (exact) mass is 251 g/mol. The fourth-order valence-corrected chi connectivity index (χ4v) is 2.36. The van der Waals surface area contributed by atoms with Crippen molar-refractivity contribution in [2.45, 2.75) is 18.9 Å². The van der Waals surface area contributed by atoms with Crippen LogP contribution >= 0.6 is 0 Å². The number of hydrogen-bond acceptors (Lipinski definition) is 3. The molecule has 2 N–H and O–H groups in total. The van der Waals surface area contributed by atoms with E-state index in [4.69, 9.17) is 0 Å². The Morgan fingerprint density at radius 3 is 2.59 bits per heavy atom. The van der Waals surface area contributed by atoms with Gasteiger partial charge in [-0.05, 0) is 37.1 Å². The van der Waals surface area contributed by atoms with E-state index in [1.54, 1.807) is 12.1 Å². The first-order valence-corrected chi connectivity index (χ1v) is 6.56. The minimum atomic E-state index is -3.57. The minimum Gasteiger partial charge on any atom is -0.334 e. The second-order valence-corrected chi connectivity index (χ2v) is 5.47. The molecule has 0 bridgehead atoms. The predicted octanol–water partition coefficient (Wildman–Crippen LogP) is 1.83. The van der Waals surface area contributed by atoms with E-state index in [9.17, 15) is 8.42 Å². The molecular weight excluding hydrogens is 238 g/mol. The van der Waals surface area contributed by atoms with Gasteiger partial charge in [0, 0.05) is 5.69 Å². The summed E-state index contributed by atoms with van der Waals surface area (Å²) in [6, 6.07) is 5.40. The van der Waals surface area contributed by atoms with Gasteiger partial charge in [-0.15, -0.1) is 0 Å². The smallest absolute Gasteiger partial charge is 0.278 e. The third-order valence-corrected chi connectivity index (χ3v) is 3.83. The van der Waals surface area contributed by atoms with Crippen molar-refractivity contribution in [3.05, 3.63) is 41.9 Å². The first kappa shape index (κ1) is 11.7. The van der Waals surface area contributed by atoms with Crippen molar-refractivity contribution in [3.8, 4) is 0 Å². The highest BCUT2D eigenvalue weighted by atomic mass is 32.2. The molecule has 5 nitrogen and oxygen atoms in total. The van der Waals surface area contributed by atoms with Crippen molar-refractivity contribution in [1.29, 1.82) is 0 Å². The van der Waals surface area contributed by atoms with Crippen molar-refractivity contribution < 1.29 is 8.42 Å². The summed E-state index contributed by atoms with van der Waals surface area (Å²) < 4.78 is 26.2. The lowest BCUT2D eigenvalue weighted by Gasteiger charge is -2.08. The Bertz CT molecular complexity index is 618. The molecule has 0 fully saturated rings. The lowest BCUT2D eigenvalue weighted by Crippen LogP contribution is -2.13. The summed E-state index contributed by atoms with van der Waals surface area (Å²) in [5.74, 6) is 0. The first-order valence-electron chi connectivity index (χ1n) is 5.07. The van der Waals surface area contributed by atoms with Gasteiger partial charge in [0.05, 0.1) is 12.5 Å². The third kappa shape index (κ3) is 2.47. The van der Waals surface area contributed by atoms with E-state index in [2.05, 4.69) is 14.7 Å². The van der Waals surface area contributed by atoms with Crippen molar-refractivity contribution in [1.82, 2.24) is 9.97 Å². The first-order chi connectivity index (χ1) is 7.99. The number of benzene rings is 1. The number of aryl methyl sites for hydroxylation is 2. The molecule has 0 aliphatic carbocycles. The summed E-state index contributed by atoms with van der Waals surface area (Å²) in [7, 11) is -3.57. The largest absolute Gasteiger partial charge is 0.334 e. The fraction of sp³-hybridized carbons (Fsp3) is 0.182. The molecule has 2 aromatic rings. The van der Waals surface area contributed by atoms with Crippen molar-refractivity contribution in [2.75, 3.05) is 4.72 Å². The fourth-order valence-electron chi connectivity index (χ4n) is 1.41. The van der Waals surface area contributed by atoms with Crippen LogP contribution in [0.1, 0.15) is 11.1 Å². The van der Waals surface area contributed by atoms with Gasteiger partial charge in [0.1, 0.15) is 0 Å². The highest BCUT2D eigenvalue weighted by molar-refractivity contribution is 7.92. The Morgan fingerprint density at radius 2 is 2.00 bits per heavy atom. The maximum absolute atomic E-state index is 11.9. The standard InChI is InChI=1S/C11H13N3O2S/c1-8-3-4-10(5-9(8)2)14-17(15,16)11-6-12-7-13-11/h3-7,14H,1-2H3,(H,12,13). The number of aromatic amines is 1. The topological polar surface area (TPSA) is 74.8 Å². The summed E-state index contributed by atoms with van der Waals surface area (Å²) in [5, 5.41) is 0.0516. The minimum absolute atomic E-state index is 0.0516. The van der Waals surface area contributed by atoms with Crippen LogP contribution in [0.25, 0.3) is 0 Å². The molecule has 1 aromatic heterocycles. The van der Waals surface area contributed by atoms with Crippen LogP contribution in [0.15, 0.2) is 35.7 Å². The van der Waals surface area contributed by atoms with Gasteiger partial charge >= 0.3 is 0 Å². The maximum Gasteiger partial charge on any atom is 0.278 e. The summed E-state index contributed by atoms with van der Waals surface area (Å²) in [4.78, 5) is 6.25. The Labute approximate surface area is 100.0 Å². The van der Waals surface area contributed by atoms with Crippen LogP contribution in [0.2, 0.25) is 0 Å². The van der Waals surface area contributed by atoms with E-state index in [0.717, 1.165) is 11.1 Å². The van der Waals surface area contributed by atoms with Gasteiger partial charge < -0.3 is 4.98 Å². The molecule has 0 saturated heterocycles. The summed E-state index contributed by atoms with van der Waals surface area (Å²) in [6.07, 6.45) is 2.60. The molecular formula is C11H13N3O2S. The molecule has 0 amide bonds. The average Bonchev–Trinajstić information content (AvgIpc) is 2.77. The van der Waals surface area contributed by atoms with E-state index < -0.39 is 10.0 Å². The molecule has 0 saturated carbocycles. The molecule has 1 aromatic carbocycles. The van der Waals surface area contributed by atoms with E-state index in [-0.39, 0.29) is 5.03 Å². The number of anilines is 1. The van der Waals surface area contributed by atoms with E-state index in [0.29, 0.717) is 5.69 Å². The summed E-state index contributed by atoms with van der Waals surface area (Å²) in [6.45, 7) is 3.91. The van der Waals surface area contributed by atoms with E-state index >= 15 is 0 Å². The van der Waals surface area contributed by atoms with Gasteiger partial charge in [0.25, 0.3) is 10.0 Å². The van der Waals surface area contributed by atoms with E-state index in [1.807, 2.05) is 19.9 Å². The van der Waals surface area contributed by atoms with Crippen molar-refractivity contribution in [3.63, 3.8) is 0 Å². The van der Waals surface area contributed by atoms with E-state index in [1.165, 1.54) is 12.5 Å². The van der Waals surface area contributed by atoms with Gasteiger partial charge in [-0.2, -0.15) is 8.42 Å². The van der Waals surface area contributed by atoms with Crippen LogP contribution in [0, 0.1) is 13.8 Å². The zero-order chi connectivity index (χ0) is 12.5. The number of rotatable bonds is 3. The molecule has 90 valence electrons. The predicted molar refractivity (Wildman–Crippen MR) is 65.3 cm³/mol. The van der Waals surface area contributed by atoms with Gasteiger partial charge in [-0.1, -0.05) is 6.07 Å².